The Hall–Kier alpha value is -1.98. The van der Waals surface area contributed by atoms with Crippen molar-refractivity contribution in [3.63, 3.8) is 0 Å². The molecule has 0 amide bonds. The van der Waals surface area contributed by atoms with E-state index in [0.717, 1.165) is 43.3 Å². The van der Waals surface area contributed by atoms with Crippen molar-refractivity contribution in [3.05, 3.63) is 47.6 Å². The first kappa shape index (κ1) is 28.6. The third-order valence-electron chi connectivity index (χ3n) is 9.05. The number of rotatable bonds is 8. The minimum Gasteiger partial charge on any atom is -0.465 e. The lowest BCUT2D eigenvalue weighted by Crippen LogP contribution is -2.36. The third kappa shape index (κ3) is 5.94. The molecule has 0 saturated heterocycles. The van der Waals surface area contributed by atoms with Crippen molar-refractivity contribution in [1.82, 2.24) is 0 Å². The summed E-state index contributed by atoms with van der Waals surface area (Å²) in [7, 11) is 0. The third-order valence-corrected chi connectivity index (χ3v) is 9.05. The number of allylic oxidation sites excluding steroid dienone is 5. The van der Waals surface area contributed by atoms with Gasteiger partial charge in [0.25, 0.3) is 0 Å². The topological polar surface area (TPSA) is 83.8 Å². The summed E-state index contributed by atoms with van der Waals surface area (Å²) in [5.41, 5.74) is 2.11. The van der Waals surface area contributed by atoms with Gasteiger partial charge in [-0.25, -0.2) is 0 Å². The van der Waals surface area contributed by atoms with Crippen LogP contribution in [0.4, 0.5) is 0 Å². The lowest BCUT2D eigenvalue weighted by molar-refractivity contribution is -0.157. The van der Waals surface area contributed by atoms with E-state index < -0.39 is 23.6 Å². The molecule has 0 aromatic rings. The highest BCUT2D eigenvalue weighted by atomic mass is 16.5. The van der Waals surface area contributed by atoms with Crippen molar-refractivity contribution >= 4 is 11.8 Å². The monoisotopic (exact) mass is 498 g/mol. The summed E-state index contributed by atoms with van der Waals surface area (Å²) < 4.78 is 5.23. The fourth-order valence-electron chi connectivity index (χ4n) is 6.67. The van der Waals surface area contributed by atoms with Gasteiger partial charge in [0.05, 0.1) is 18.8 Å². The normalized spacial score (nSPS) is 34.2. The van der Waals surface area contributed by atoms with Crippen molar-refractivity contribution in [2.45, 2.75) is 98.2 Å². The predicted molar refractivity (Wildman–Crippen MR) is 143 cm³/mol. The van der Waals surface area contributed by atoms with Gasteiger partial charge in [-0.05, 0) is 99.2 Å². The molecule has 0 bridgehead atoms. The van der Waals surface area contributed by atoms with Gasteiger partial charge >= 0.3 is 5.97 Å². The van der Waals surface area contributed by atoms with Crippen molar-refractivity contribution < 1.29 is 24.5 Å². The molecule has 36 heavy (non-hydrogen) atoms. The smallest absolute Gasteiger partial charge is 0.319 e. The number of carbonyl (C=O) groups is 2. The largest absolute Gasteiger partial charge is 0.465 e. The number of carbonyl (C=O) groups excluding carboxylic acids is 2. The van der Waals surface area contributed by atoms with Gasteiger partial charge in [-0.3, -0.25) is 9.59 Å². The van der Waals surface area contributed by atoms with E-state index in [0.29, 0.717) is 31.3 Å². The number of hydrogen-bond donors (Lipinski definition) is 2. The molecule has 0 aromatic carbocycles. The number of ketones is 1. The van der Waals surface area contributed by atoms with E-state index in [1.807, 2.05) is 13.0 Å². The van der Waals surface area contributed by atoms with Crippen LogP contribution < -0.4 is 0 Å². The molecular weight excluding hydrogens is 452 g/mol. The first-order valence-electron chi connectivity index (χ1n) is 13.8. The fourth-order valence-corrected chi connectivity index (χ4v) is 6.67. The second-order valence-corrected chi connectivity index (χ2v) is 12.0. The Morgan fingerprint density at radius 1 is 1.25 bits per heavy atom. The minimum absolute atomic E-state index is 0.160. The number of esters is 1. The van der Waals surface area contributed by atoms with E-state index in [2.05, 4.69) is 32.6 Å². The van der Waals surface area contributed by atoms with Gasteiger partial charge in [-0.2, -0.15) is 0 Å². The van der Waals surface area contributed by atoms with Crippen molar-refractivity contribution in [3.8, 4) is 0 Å². The average molecular weight is 499 g/mol. The average Bonchev–Trinajstić information content (AvgIpc) is 3.19. The zero-order chi connectivity index (χ0) is 26.7. The van der Waals surface area contributed by atoms with E-state index in [9.17, 15) is 19.8 Å². The second kappa shape index (κ2) is 11.6. The van der Waals surface area contributed by atoms with Crippen molar-refractivity contribution in [1.29, 1.82) is 0 Å². The van der Waals surface area contributed by atoms with E-state index >= 15 is 0 Å². The summed E-state index contributed by atoms with van der Waals surface area (Å²) in [6, 6.07) is 0. The molecule has 0 aromatic heterocycles. The fraction of sp³-hybridized carbons (Fsp3) is 0.677. The van der Waals surface area contributed by atoms with Crippen molar-refractivity contribution in [2.24, 2.45) is 28.6 Å². The molecule has 2 N–H and O–H groups in total. The number of fused-ring (bicyclic) bond motifs is 1. The maximum atomic E-state index is 12.9. The zero-order valence-electron chi connectivity index (χ0n) is 22.9. The van der Waals surface area contributed by atoms with Crippen LogP contribution in [0, 0.1) is 28.6 Å². The standard InChI is InChI=1S/C31H46O5/c1-7-17-36-29(35)30(4,5)28(34)15-10-20(2)25-13-14-26-22(9-8-16-31(25,26)6)11-12-23-18-24(32)19-27(33)21(23)3/h10-12,15,20,24-27,32-33H,3,7-9,13-14,16-19H2,1-2,4-6H3/b15-10+,22-11+,23-12-/t20-,24-,25-,26+,27+,31-/m1/s1. The Morgan fingerprint density at radius 3 is 2.67 bits per heavy atom. The highest BCUT2D eigenvalue weighted by molar-refractivity contribution is 6.08. The zero-order valence-corrected chi connectivity index (χ0v) is 22.9. The molecule has 6 atom stereocenters. The van der Waals surface area contributed by atoms with Gasteiger partial charge in [0.2, 0.25) is 0 Å². The lowest BCUT2D eigenvalue weighted by atomic mass is 9.61. The SMILES string of the molecule is C=C1/C(=C\C=C2/CCC[C@]3(C)[C@@H]([C@H](C)/C=C/C(=O)C(C)(C)C(=O)OCCC)CC[C@@H]23)C[C@@H](O)C[C@@H]1O. The van der Waals surface area contributed by atoms with Crippen LogP contribution >= 0.6 is 0 Å². The minimum atomic E-state index is -1.17. The van der Waals surface area contributed by atoms with Gasteiger partial charge in [-0.1, -0.05) is 51.2 Å². The summed E-state index contributed by atoms with van der Waals surface area (Å²) >= 11 is 0. The summed E-state index contributed by atoms with van der Waals surface area (Å²) in [5.74, 6) is 0.519. The van der Waals surface area contributed by atoms with Gasteiger partial charge in [-0.15, -0.1) is 0 Å². The highest BCUT2D eigenvalue weighted by Gasteiger charge is 2.50. The van der Waals surface area contributed by atoms with Crippen molar-refractivity contribution in [2.75, 3.05) is 6.61 Å². The van der Waals surface area contributed by atoms with Crippen LogP contribution in [0.25, 0.3) is 0 Å². The van der Waals surface area contributed by atoms with E-state index in [-0.39, 0.29) is 17.1 Å². The number of ether oxygens (including phenoxy) is 1. The summed E-state index contributed by atoms with van der Waals surface area (Å²) in [6.45, 7) is 14.2. The highest BCUT2D eigenvalue weighted by Crippen LogP contribution is 2.59. The van der Waals surface area contributed by atoms with Crippen LogP contribution in [-0.4, -0.2) is 40.8 Å². The Labute approximate surface area is 217 Å². The molecule has 3 saturated carbocycles. The molecule has 5 nitrogen and oxygen atoms in total. The molecule has 0 aliphatic heterocycles. The summed E-state index contributed by atoms with van der Waals surface area (Å²) in [5, 5.41) is 20.3. The number of aliphatic hydroxyl groups is 2. The maximum Gasteiger partial charge on any atom is 0.319 e. The molecule has 0 heterocycles. The van der Waals surface area contributed by atoms with Crippen LogP contribution in [-0.2, 0) is 14.3 Å². The van der Waals surface area contributed by atoms with Crippen LogP contribution in [0.2, 0.25) is 0 Å². The molecule has 5 heteroatoms. The predicted octanol–water partition coefficient (Wildman–Crippen LogP) is 5.87. The number of aliphatic hydroxyl groups excluding tert-OH is 2. The lowest BCUT2D eigenvalue weighted by Gasteiger charge is -2.44. The van der Waals surface area contributed by atoms with Crippen LogP contribution in [0.5, 0.6) is 0 Å². The van der Waals surface area contributed by atoms with Gasteiger partial charge in [0.1, 0.15) is 5.41 Å². The quantitative estimate of drug-likeness (QED) is 0.248. The Kier molecular flexibility index (Phi) is 9.21. The molecule has 0 radical (unpaired) electrons. The maximum absolute atomic E-state index is 12.9. The van der Waals surface area contributed by atoms with Gasteiger partial charge < -0.3 is 14.9 Å². The molecule has 200 valence electrons. The molecular formula is C31H46O5. The first-order chi connectivity index (χ1) is 16.9. The van der Waals surface area contributed by atoms with Crippen LogP contribution in [0.3, 0.4) is 0 Å². The first-order valence-corrected chi connectivity index (χ1v) is 13.8. The van der Waals surface area contributed by atoms with E-state index in [1.54, 1.807) is 19.9 Å². The van der Waals surface area contributed by atoms with Gasteiger partial charge in [0.15, 0.2) is 5.78 Å². The van der Waals surface area contributed by atoms with E-state index in [4.69, 9.17) is 4.74 Å². The molecule has 3 fully saturated rings. The molecule has 0 unspecified atom stereocenters. The molecule has 0 spiro atoms. The Bertz CT molecular complexity index is 939. The second-order valence-electron chi connectivity index (χ2n) is 12.0. The molecule has 3 aliphatic carbocycles. The van der Waals surface area contributed by atoms with E-state index in [1.165, 1.54) is 12.0 Å². The summed E-state index contributed by atoms with van der Waals surface area (Å²) in [6.07, 6.45) is 14.0. The van der Waals surface area contributed by atoms with Crippen LogP contribution in [0.1, 0.15) is 86.0 Å². The number of hydrogen-bond acceptors (Lipinski definition) is 5. The summed E-state index contributed by atoms with van der Waals surface area (Å²) in [4.78, 5) is 25.2. The van der Waals surface area contributed by atoms with Gasteiger partial charge in [0, 0.05) is 6.42 Å². The molecule has 3 aliphatic rings. The Balaban J connectivity index is 1.72. The Morgan fingerprint density at radius 2 is 1.97 bits per heavy atom. The van der Waals surface area contributed by atoms with Crippen LogP contribution in [0.15, 0.2) is 47.6 Å². The molecule has 3 rings (SSSR count).